The fourth-order valence-corrected chi connectivity index (χ4v) is 4.83. The number of halogens is 3. The molecule has 1 fully saturated rings. The molecule has 0 aliphatic carbocycles. The third-order valence-electron chi connectivity index (χ3n) is 4.02. The van der Waals surface area contributed by atoms with Crippen molar-refractivity contribution in [2.45, 2.75) is 31.4 Å². The third-order valence-corrected chi connectivity index (χ3v) is 6.76. The Morgan fingerprint density at radius 3 is 2.64 bits per heavy atom. The van der Waals surface area contributed by atoms with Crippen LogP contribution in [-0.2, 0) is 10.0 Å². The molecule has 1 aliphatic rings. The molecule has 0 bridgehead atoms. The monoisotopic (exact) mass is 395 g/mol. The minimum Gasteiger partial charge on any atom is -0.339 e. The van der Waals surface area contributed by atoms with Gasteiger partial charge in [-0.3, -0.25) is 0 Å². The summed E-state index contributed by atoms with van der Waals surface area (Å²) in [5.41, 5.74) is 0. The molecule has 6 nitrogen and oxygen atoms in total. The van der Waals surface area contributed by atoms with Gasteiger partial charge in [-0.1, -0.05) is 11.2 Å². The Labute approximate surface area is 146 Å². The van der Waals surface area contributed by atoms with Crippen LogP contribution in [0.25, 0.3) is 10.7 Å². The molecule has 2 aromatic heterocycles. The summed E-state index contributed by atoms with van der Waals surface area (Å²) in [4.78, 5) is 5.23. The summed E-state index contributed by atoms with van der Waals surface area (Å²) in [7, 11) is -3.90. The summed E-state index contributed by atoms with van der Waals surface area (Å²) in [5, 5.41) is 5.82. The van der Waals surface area contributed by atoms with Gasteiger partial charge >= 0.3 is 6.18 Å². The first kappa shape index (κ1) is 18.3. The molecule has 3 rings (SSSR count). The summed E-state index contributed by atoms with van der Waals surface area (Å²) in [5.74, 6) is -0.0687. The average Bonchev–Trinajstić information content (AvgIpc) is 3.24. The van der Waals surface area contributed by atoms with Crippen LogP contribution >= 0.6 is 11.3 Å². The maximum Gasteiger partial charge on any atom is 0.390 e. The van der Waals surface area contributed by atoms with Gasteiger partial charge in [0.15, 0.2) is 0 Å². The molecule has 1 saturated heterocycles. The van der Waals surface area contributed by atoms with E-state index in [1.165, 1.54) is 11.3 Å². The minimum atomic E-state index is -4.48. The predicted molar refractivity (Wildman–Crippen MR) is 85.6 cm³/mol. The van der Waals surface area contributed by atoms with E-state index in [0.717, 1.165) is 9.18 Å². The number of thiophene rings is 1. The molecule has 3 heterocycles. The Balaban J connectivity index is 1.58. The van der Waals surface area contributed by atoms with Gasteiger partial charge in [-0.2, -0.15) is 18.2 Å². The van der Waals surface area contributed by atoms with Crippen molar-refractivity contribution >= 4 is 21.4 Å². The first-order chi connectivity index (χ1) is 11.7. The van der Waals surface area contributed by atoms with Crippen LogP contribution in [0.3, 0.4) is 0 Å². The number of hydrogen-bond acceptors (Lipinski definition) is 6. The molecule has 138 valence electrons. The van der Waals surface area contributed by atoms with Gasteiger partial charge in [0, 0.05) is 19.0 Å². The van der Waals surface area contributed by atoms with Crippen LogP contribution in [0.5, 0.6) is 0 Å². The summed E-state index contributed by atoms with van der Waals surface area (Å²) >= 11 is 1.48. The highest BCUT2D eigenvalue weighted by atomic mass is 32.2. The van der Waals surface area contributed by atoms with Gasteiger partial charge in [0.2, 0.25) is 21.7 Å². The Bertz CT molecular complexity index is 795. The van der Waals surface area contributed by atoms with Crippen LogP contribution < -0.4 is 0 Å². The molecule has 2 aromatic rings. The normalized spacial score (nSPS) is 17.9. The van der Waals surface area contributed by atoms with Gasteiger partial charge in [0.1, 0.15) is 0 Å². The summed E-state index contributed by atoms with van der Waals surface area (Å²) < 4.78 is 67.1. The van der Waals surface area contributed by atoms with Gasteiger partial charge in [0.25, 0.3) is 0 Å². The zero-order valence-corrected chi connectivity index (χ0v) is 14.7. The first-order valence-corrected chi connectivity index (χ1v) is 10.2. The highest BCUT2D eigenvalue weighted by molar-refractivity contribution is 7.89. The van der Waals surface area contributed by atoms with Crippen molar-refractivity contribution in [3.63, 3.8) is 0 Å². The van der Waals surface area contributed by atoms with Gasteiger partial charge in [0.05, 0.1) is 17.1 Å². The molecule has 1 aliphatic heterocycles. The van der Waals surface area contributed by atoms with Crippen molar-refractivity contribution in [2.75, 3.05) is 18.8 Å². The smallest absolute Gasteiger partial charge is 0.339 e. The molecular formula is C14H16F3N3O3S2. The third kappa shape index (κ3) is 4.59. The number of rotatable bonds is 5. The molecule has 0 N–H and O–H groups in total. The number of aromatic nitrogens is 2. The van der Waals surface area contributed by atoms with Crippen molar-refractivity contribution in [2.24, 2.45) is 0 Å². The van der Waals surface area contributed by atoms with E-state index >= 15 is 0 Å². The van der Waals surface area contributed by atoms with E-state index in [1.807, 2.05) is 17.5 Å². The average molecular weight is 395 g/mol. The Hall–Kier alpha value is -1.46. The van der Waals surface area contributed by atoms with E-state index < -0.39 is 28.4 Å². The lowest BCUT2D eigenvalue weighted by molar-refractivity contribution is -0.130. The molecule has 11 heteroatoms. The van der Waals surface area contributed by atoms with Crippen LogP contribution in [0.4, 0.5) is 13.2 Å². The van der Waals surface area contributed by atoms with E-state index in [1.54, 1.807) is 0 Å². The Morgan fingerprint density at radius 1 is 1.32 bits per heavy atom. The van der Waals surface area contributed by atoms with Crippen molar-refractivity contribution in [3.8, 4) is 10.7 Å². The van der Waals surface area contributed by atoms with Gasteiger partial charge in [-0.25, -0.2) is 12.7 Å². The zero-order valence-electron chi connectivity index (χ0n) is 13.1. The van der Waals surface area contributed by atoms with E-state index in [4.69, 9.17) is 4.52 Å². The molecule has 0 atom stereocenters. The molecule has 25 heavy (non-hydrogen) atoms. The summed E-state index contributed by atoms with van der Waals surface area (Å²) in [6.07, 6.45) is -4.93. The van der Waals surface area contributed by atoms with Crippen LogP contribution in [0.1, 0.15) is 31.1 Å². The predicted octanol–water partition coefficient (Wildman–Crippen LogP) is 3.26. The second-order valence-electron chi connectivity index (χ2n) is 5.79. The van der Waals surface area contributed by atoms with E-state index in [0.29, 0.717) is 24.6 Å². The van der Waals surface area contributed by atoms with Crippen molar-refractivity contribution in [1.29, 1.82) is 0 Å². The molecule has 0 radical (unpaired) electrons. The van der Waals surface area contributed by atoms with E-state index in [9.17, 15) is 21.6 Å². The van der Waals surface area contributed by atoms with Gasteiger partial charge < -0.3 is 4.52 Å². The van der Waals surface area contributed by atoms with Crippen LogP contribution in [0, 0.1) is 0 Å². The summed E-state index contributed by atoms with van der Waals surface area (Å²) in [6, 6.07) is 3.75. The molecule has 0 unspecified atom stereocenters. The Kier molecular flexibility index (Phi) is 5.16. The minimum absolute atomic E-state index is 0.0877. The van der Waals surface area contributed by atoms with Crippen LogP contribution in [0.15, 0.2) is 22.0 Å². The number of sulfonamides is 1. The van der Waals surface area contributed by atoms with E-state index in [-0.39, 0.29) is 19.0 Å². The molecule has 0 aromatic carbocycles. The van der Waals surface area contributed by atoms with Crippen molar-refractivity contribution < 1.29 is 26.1 Å². The lowest BCUT2D eigenvalue weighted by Crippen LogP contribution is -2.40. The first-order valence-electron chi connectivity index (χ1n) is 7.67. The highest BCUT2D eigenvalue weighted by Gasteiger charge is 2.35. The largest absolute Gasteiger partial charge is 0.390 e. The lowest BCUT2D eigenvalue weighted by atomic mass is 9.98. The van der Waals surface area contributed by atoms with Gasteiger partial charge in [-0.05, 0) is 24.3 Å². The van der Waals surface area contributed by atoms with Crippen molar-refractivity contribution in [1.82, 2.24) is 14.4 Å². The molecule has 0 spiro atoms. The standard InChI is InChI=1S/C14H16F3N3O3S2/c15-14(16,17)5-9-25(21,22)20-6-3-10(4-7-20)13-18-12(19-23-13)11-2-1-8-24-11/h1-2,8,10H,3-7,9H2. The summed E-state index contributed by atoms with van der Waals surface area (Å²) in [6.45, 7) is 0.309. The molecular weight excluding hydrogens is 379 g/mol. The lowest BCUT2D eigenvalue weighted by Gasteiger charge is -2.29. The van der Waals surface area contributed by atoms with Crippen molar-refractivity contribution in [3.05, 3.63) is 23.4 Å². The number of hydrogen-bond donors (Lipinski definition) is 0. The number of piperidine rings is 1. The molecule has 0 amide bonds. The maximum absolute atomic E-state index is 12.2. The van der Waals surface area contributed by atoms with E-state index in [2.05, 4.69) is 10.1 Å². The van der Waals surface area contributed by atoms with Crippen LogP contribution in [0.2, 0.25) is 0 Å². The number of alkyl halides is 3. The fourth-order valence-electron chi connectivity index (χ4n) is 2.66. The quantitative estimate of drug-likeness (QED) is 0.777. The fraction of sp³-hybridized carbons (Fsp3) is 0.571. The van der Waals surface area contributed by atoms with Crippen LogP contribution in [-0.4, -0.2) is 47.9 Å². The topological polar surface area (TPSA) is 76.3 Å². The maximum atomic E-state index is 12.2. The highest BCUT2D eigenvalue weighted by Crippen LogP contribution is 2.31. The Morgan fingerprint density at radius 2 is 2.04 bits per heavy atom. The van der Waals surface area contributed by atoms with Gasteiger partial charge in [-0.15, -0.1) is 11.3 Å². The second-order valence-corrected chi connectivity index (χ2v) is 8.82. The molecule has 0 saturated carbocycles. The zero-order chi connectivity index (χ0) is 18.1. The number of nitrogens with zero attached hydrogens (tertiary/aromatic N) is 3. The second kappa shape index (κ2) is 7.04. The SMILES string of the molecule is O=S(=O)(CCC(F)(F)F)N1CCC(c2nc(-c3cccs3)no2)CC1.